The highest BCUT2D eigenvalue weighted by Gasteiger charge is 2.15. The number of rotatable bonds is 1. The number of hydrogen-bond donors (Lipinski definition) is 1. The largest absolute Gasteiger partial charge is 0.398 e. The van der Waals surface area contributed by atoms with Crippen molar-refractivity contribution >= 4 is 5.70 Å². The lowest BCUT2D eigenvalue weighted by atomic mass is 10.1. The van der Waals surface area contributed by atoms with Crippen LogP contribution >= 0.6 is 0 Å². The third kappa shape index (κ3) is 1.27. The molecule has 1 fully saturated rings. The second kappa shape index (κ2) is 2.42. The van der Waals surface area contributed by atoms with E-state index in [9.17, 15) is 0 Å². The summed E-state index contributed by atoms with van der Waals surface area (Å²) in [6.07, 6.45) is 2.39. The van der Waals surface area contributed by atoms with Crippen molar-refractivity contribution in [3.05, 3.63) is 41.5 Å². The van der Waals surface area contributed by atoms with Crippen LogP contribution in [-0.4, -0.2) is 0 Å². The van der Waals surface area contributed by atoms with Crippen LogP contribution in [-0.2, 0) is 0 Å². The predicted octanol–water partition coefficient (Wildman–Crippen LogP) is 2.15. The van der Waals surface area contributed by atoms with Crippen LogP contribution < -0.4 is 5.73 Å². The zero-order chi connectivity index (χ0) is 7.68. The van der Waals surface area contributed by atoms with Crippen LogP contribution in [0.1, 0.15) is 18.4 Å². The summed E-state index contributed by atoms with van der Waals surface area (Å²) in [7, 11) is 0. The number of benzene rings is 1. The van der Waals surface area contributed by atoms with Gasteiger partial charge in [-0.15, -0.1) is 0 Å². The molecule has 0 amide bonds. The molecular formula is C10H11N. The van der Waals surface area contributed by atoms with Crippen LogP contribution in [0.25, 0.3) is 5.70 Å². The zero-order valence-corrected chi connectivity index (χ0v) is 6.38. The van der Waals surface area contributed by atoms with Gasteiger partial charge in [0.2, 0.25) is 0 Å². The summed E-state index contributed by atoms with van der Waals surface area (Å²) in [5.74, 6) is 0. The maximum absolute atomic E-state index is 5.88. The quantitative estimate of drug-likeness (QED) is 0.643. The zero-order valence-electron chi connectivity index (χ0n) is 6.38. The first-order valence-corrected chi connectivity index (χ1v) is 3.91. The van der Waals surface area contributed by atoms with Crippen LogP contribution in [0.4, 0.5) is 0 Å². The molecule has 0 saturated heterocycles. The molecule has 0 atom stereocenters. The lowest BCUT2D eigenvalue weighted by Crippen LogP contribution is -1.94. The molecule has 0 radical (unpaired) electrons. The normalized spacial score (nSPS) is 14.7. The molecule has 56 valence electrons. The Bertz CT molecular complexity index is 279. The summed E-state index contributed by atoms with van der Waals surface area (Å²) in [5.41, 5.74) is 9.45. The van der Waals surface area contributed by atoms with Gasteiger partial charge < -0.3 is 5.73 Å². The van der Waals surface area contributed by atoms with Crippen molar-refractivity contribution in [2.75, 3.05) is 0 Å². The van der Waals surface area contributed by atoms with E-state index in [4.69, 9.17) is 5.73 Å². The second-order valence-electron chi connectivity index (χ2n) is 2.88. The smallest absolute Gasteiger partial charge is 0.0379 e. The van der Waals surface area contributed by atoms with Gasteiger partial charge in [0.1, 0.15) is 0 Å². The van der Waals surface area contributed by atoms with Crippen molar-refractivity contribution in [1.29, 1.82) is 0 Å². The van der Waals surface area contributed by atoms with Crippen molar-refractivity contribution in [2.45, 2.75) is 12.8 Å². The van der Waals surface area contributed by atoms with Gasteiger partial charge in [-0.2, -0.15) is 0 Å². The van der Waals surface area contributed by atoms with E-state index in [1.807, 2.05) is 18.2 Å². The Morgan fingerprint density at radius 2 is 1.73 bits per heavy atom. The lowest BCUT2D eigenvalue weighted by Gasteiger charge is -1.98. The number of hydrogen-bond acceptors (Lipinski definition) is 1. The predicted molar refractivity (Wildman–Crippen MR) is 46.8 cm³/mol. The molecule has 0 aliphatic heterocycles. The van der Waals surface area contributed by atoms with Crippen molar-refractivity contribution < 1.29 is 0 Å². The summed E-state index contributed by atoms with van der Waals surface area (Å²) in [6, 6.07) is 10.2. The molecule has 2 N–H and O–H groups in total. The van der Waals surface area contributed by atoms with E-state index in [0.717, 1.165) is 5.70 Å². The fourth-order valence-corrected chi connectivity index (χ4v) is 1.15. The number of nitrogens with two attached hydrogens (primary N) is 1. The van der Waals surface area contributed by atoms with Gasteiger partial charge in [0, 0.05) is 5.70 Å². The molecule has 0 spiro atoms. The Balaban J connectivity index is 2.37. The molecule has 1 saturated carbocycles. The van der Waals surface area contributed by atoms with Gasteiger partial charge in [-0.3, -0.25) is 0 Å². The van der Waals surface area contributed by atoms with Gasteiger partial charge in [-0.1, -0.05) is 30.3 Å². The van der Waals surface area contributed by atoms with Gasteiger partial charge in [-0.05, 0) is 24.0 Å². The average molecular weight is 145 g/mol. The molecule has 1 aromatic carbocycles. The van der Waals surface area contributed by atoms with Crippen molar-refractivity contribution in [1.82, 2.24) is 0 Å². The van der Waals surface area contributed by atoms with Crippen molar-refractivity contribution in [2.24, 2.45) is 5.73 Å². The standard InChI is InChI=1S/C10H11N/c11-10(9-6-7-9)8-4-2-1-3-5-8/h1-5H,6-7,11H2. The molecule has 0 bridgehead atoms. The Labute approximate surface area is 66.5 Å². The topological polar surface area (TPSA) is 26.0 Å². The SMILES string of the molecule is NC(=C1CC1)c1ccccc1. The van der Waals surface area contributed by atoms with E-state index in [0.29, 0.717) is 0 Å². The summed E-state index contributed by atoms with van der Waals surface area (Å²) < 4.78 is 0. The van der Waals surface area contributed by atoms with Gasteiger partial charge in [0.15, 0.2) is 0 Å². The first-order chi connectivity index (χ1) is 5.38. The number of allylic oxidation sites excluding steroid dienone is 1. The van der Waals surface area contributed by atoms with Gasteiger partial charge in [0.25, 0.3) is 0 Å². The van der Waals surface area contributed by atoms with Crippen LogP contribution in [0.2, 0.25) is 0 Å². The Morgan fingerprint density at radius 1 is 1.09 bits per heavy atom. The highest BCUT2D eigenvalue weighted by molar-refractivity contribution is 5.68. The third-order valence-electron chi connectivity index (χ3n) is 1.97. The first kappa shape index (κ1) is 6.47. The fraction of sp³-hybridized carbons (Fsp3) is 0.200. The third-order valence-corrected chi connectivity index (χ3v) is 1.97. The van der Waals surface area contributed by atoms with Gasteiger partial charge in [0.05, 0.1) is 0 Å². The Kier molecular flexibility index (Phi) is 1.42. The van der Waals surface area contributed by atoms with Crippen LogP contribution in [0.15, 0.2) is 35.9 Å². The molecule has 1 nitrogen and oxygen atoms in total. The van der Waals surface area contributed by atoms with Gasteiger partial charge in [-0.25, -0.2) is 0 Å². The highest BCUT2D eigenvalue weighted by Crippen LogP contribution is 2.33. The summed E-state index contributed by atoms with van der Waals surface area (Å²) in [6.45, 7) is 0. The Hall–Kier alpha value is -1.24. The molecule has 0 unspecified atom stereocenters. The fourth-order valence-electron chi connectivity index (χ4n) is 1.15. The Morgan fingerprint density at radius 3 is 2.27 bits per heavy atom. The van der Waals surface area contributed by atoms with E-state index >= 15 is 0 Å². The van der Waals surface area contributed by atoms with Crippen LogP contribution in [0, 0.1) is 0 Å². The molecule has 0 heterocycles. The van der Waals surface area contributed by atoms with Gasteiger partial charge >= 0.3 is 0 Å². The van der Waals surface area contributed by atoms with Crippen LogP contribution in [0.5, 0.6) is 0 Å². The molecule has 1 heteroatoms. The lowest BCUT2D eigenvalue weighted by molar-refractivity contribution is 1.49. The maximum atomic E-state index is 5.88. The molecule has 1 aromatic rings. The first-order valence-electron chi connectivity index (χ1n) is 3.91. The minimum Gasteiger partial charge on any atom is -0.398 e. The van der Waals surface area contributed by atoms with E-state index in [1.54, 1.807) is 0 Å². The molecule has 1 aliphatic rings. The monoisotopic (exact) mass is 145 g/mol. The molecule has 0 aromatic heterocycles. The summed E-state index contributed by atoms with van der Waals surface area (Å²) in [5, 5.41) is 0. The van der Waals surface area contributed by atoms with Crippen molar-refractivity contribution in [3.63, 3.8) is 0 Å². The minimum absolute atomic E-state index is 0.991. The average Bonchev–Trinajstić information content (AvgIpc) is 2.87. The van der Waals surface area contributed by atoms with E-state index in [-0.39, 0.29) is 0 Å². The second-order valence-corrected chi connectivity index (χ2v) is 2.88. The molecule has 11 heavy (non-hydrogen) atoms. The summed E-state index contributed by atoms with van der Waals surface area (Å²) >= 11 is 0. The highest BCUT2D eigenvalue weighted by atomic mass is 14.6. The maximum Gasteiger partial charge on any atom is 0.0379 e. The molecular weight excluding hydrogens is 134 g/mol. The van der Waals surface area contributed by atoms with Crippen molar-refractivity contribution in [3.8, 4) is 0 Å². The van der Waals surface area contributed by atoms with E-state index in [2.05, 4.69) is 12.1 Å². The summed E-state index contributed by atoms with van der Waals surface area (Å²) in [4.78, 5) is 0. The van der Waals surface area contributed by atoms with E-state index < -0.39 is 0 Å². The molecule has 2 rings (SSSR count). The van der Waals surface area contributed by atoms with E-state index in [1.165, 1.54) is 24.0 Å². The molecule has 1 aliphatic carbocycles. The minimum atomic E-state index is 0.991. The van der Waals surface area contributed by atoms with Crippen LogP contribution in [0.3, 0.4) is 0 Å².